The Hall–Kier alpha value is -0.790. The van der Waals surface area contributed by atoms with Crippen LogP contribution in [0.25, 0.3) is 0 Å². The molecule has 0 spiro atoms. The molecule has 0 N–H and O–H groups in total. The Labute approximate surface area is 92.4 Å². The molecule has 76 valence electrons. The van der Waals surface area contributed by atoms with E-state index in [1.165, 1.54) is 0 Å². The second-order valence-corrected chi connectivity index (χ2v) is 3.76. The van der Waals surface area contributed by atoms with Crippen molar-refractivity contribution in [3.63, 3.8) is 0 Å². The van der Waals surface area contributed by atoms with E-state index in [4.69, 9.17) is 9.68 Å². The molecule has 0 saturated heterocycles. The van der Waals surface area contributed by atoms with E-state index in [0.29, 0.717) is 6.42 Å². The molecule has 14 heavy (non-hydrogen) atoms. The van der Waals surface area contributed by atoms with E-state index in [9.17, 15) is 0 Å². The van der Waals surface area contributed by atoms with Crippen LogP contribution >= 0.6 is 15.9 Å². The van der Waals surface area contributed by atoms with Crippen LogP contribution in [0.2, 0.25) is 0 Å². The molecule has 0 aromatic carbocycles. The van der Waals surface area contributed by atoms with Gasteiger partial charge in [0.2, 0.25) is 0 Å². The molecular weight excluding hydrogens is 244 g/mol. The molecule has 0 bridgehead atoms. The van der Waals surface area contributed by atoms with Gasteiger partial charge in [-0.25, -0.2) is 0 Å². The first-order valence-corrected chi connectivity index (χ1v) is 5.39. The van der Waals surface area contributed by atoms with Crippen LogP contribution in [-0.4, -0.2) is 18.0 Å². The molecule has 3 nitrogen and oxygen atoms in total. The third-order valence-corrected chi connectivity index (χ3v) is 2.42. The summed E-state index contributed by atoms with van der Waals surface area (Å²) in [6.45, 7) is 4.57. The summed E-state index contributed by atoms with van der Waals surface area (Å²) in [5, 5.41) is 8.47. The number of furan rings is 1. The lowest BCUT2D eigenvalue weighted by Crippen LogP contribution is -2.23. The average molecular weight is 257 g/mol. The van der Waals surface area contributed by atoms with E-state index in [1.807, 2.05) is 12.1 Å². The summed E-state index contributed by atoms with van der Waals surface area (Å²) in [5.41, 5.74) is 0. The van der Waals surface area contributed by atoms with Gasteiger partial charge in [0.15, 0.2) is 4.67 Å². The third kappa shape index (κ3) is 3.52. The molecule has 0 aliphatic heterocycles. The van der Waals surface area contributed by atoms with Crippen molar-refractivity contribution >= 4 is 15.9 Å². The van der Waals surface area contributed by atoms with Crippen molar-refractivity contribution in [2.45, 2.75) is 19.9 Å². The summed E-state index contributed by atoms with van der Waals surface area (Å²) < 4.78 is 6.14. The molecule has 0 radical (unpaired) electrons. The predicted molar refractivity (Wildman–Crippen MR) is 57.6 cm³/mol. The van der Waals surface area contributed by atoms with Crippen LogP contribution in [-0.2, 0) is 6.54 Å². The van der Waals surface area contributed by atoms with Crippen molar-refractivity contribution in [1.82, 2.24) is 4.90 Å². The summed E-state index contributed by atoms with van der Waals surface area (Å²) >= 11 is 3.26. The monoisotopic (exact) mass is 256 g/mol. The number of halogens is 1. The molecule has 0 fully saturated rings. The average Bonchev–Trinajstić information content (AvgIpc) is 2.58. The first kappa shape index (κ1) is 11.3. The van der Waals surface area contributed by atoms with Crippen LogP contribution in [0, 0.1) is 11.3 Å². The van der Waals surface area contributed by atoms with Gasteiger partial charge in [-0.2, -0.15) is 5.26 Å². The minimum absolute atomic E-state index is 0.565. The molecule has 0 unspecified atom stereocenters. The third-order valence-electron chi connectivity index (χ3n) is 2.00. The second-order valence-electron chi connectivity index (χ2n) is 2.98. The zero-order chi connectivity index (χ0) is 10.4. The van der Waals surface area contributed by atoms with Crippen molar-refractivity contribution < 1.29 is 4.42 Å². The van der Waals surface area contributed by atoms with Crippen molar-refractivity contribution in [3.8, 4) is 6.07 Å². The van der Waals surface area contributed by atoms with Gasteiger partial charge < -0.3 is 4.42 Å². The molecule has 1 aromatic rings. The topological polar surface area (TPSA) is 40.2 Å². The maximum absolute atomic E-state index is 8.47. The van der Waals surface area contributed by atoms with Gasteiger partial charge in [-0.1, -0.05) is 6.92 Å². The Morgan fingerprint density at radius 2 is 2.36 bits per heavy atom. The zero-order valence-corrected chi connectivity index (χ0v) is 9.75. The van der Waals surface area contributed by atoms with Gasteiger partial charge in [0.05, 0.1) is 12.6 Å². The molecule has 0 aliphatic rings. The van der Waals surface area contributed by atoms with Gasteiger partial charge in [-0.05, 0) is 34.6 Å². The summed E-state index contributed by atoms with van der Waals surface area (Å²) in [6, 6.07) is 5.97. The van der Waals surface area contributed by atoms with E-state index in [2.05, 4.69) is 33.8 Å². The van der Waals surface area contributed by atoms with Gasteiger partial charge in [0.1, 0.15) is 5.76 Å². The van der Waals surface area contributed by atoms with E-state index >= 15 is 0 Å². The van der Waals surface area contributed by atoms with Crippen LogP contribution in [0.3, 0.4) is 0 Å². The van der Waals surface area contributed by atoms with E-state index < -0.39 is 0 Å². The lowest BCUT2D eigenvalue weighted by Gasteiger charge is -2.16. The fourth-order valence-electron chi connectivity index (χ4n) is 1.21. The highest BCUT2D eigenvalue weighted by Gasteiger charge is 2.06. The highest BCUT2D eigenvalue weighted by Crippen LogP contribution is 2.15. The predicted octanol–water partition coefficient (Wildman–Crippen LogP) is 2.78. The number of hydrogen-bond donors (Lipinski definition) is 0. The maximum atomic E-state index is 8.47. The van der Waals surface area contributed by atoms with E-state index in [0.717, 1.165) is 30.1 Å². The van der Waals surface area contributed by atoms with Crippen molar-refractivity contribution in [1.29, 1.82) is 5.26 Å². The molecule has 0 saturated carbocycles. The second kappa shape index (κ2) is 5.84. The van der Waals surface area contributed by atoms with E-state index in [-0.39, 0.29) is 0 Å². The van der Waals surface area contributed by atoms with Gasteiger partial charge >= 0.3 is 0 Å². The first-order chi connectivity index (χ1) is 6.76. The fourth-order valence-corrected chi connectivity index (χ4v) is 1.55. The minimum atomic E-state index is 0.565. The molecular formula is C10H13BrN2O. The maximum Gasteiger partial charge on any atom is 0.169 e. The van der Waals surface area contributed by atoms with Gasteiger partial charge in [0.25, 0.3) is 0 Å². The molecule has 4 heteroatoms. The Morgan fingerprint density at radius 3 is 2.86 bits per heavy atom. The molecule has 1 heterocycles. The van der Waals surface area contributed by atoms with Crippen molar-refractivity contribution in [2.75, 3.05) is 13.1 Å². The van der Waals surface area contributed by atoms with Crippen LogP contribution in [0.15, 0.2) is 21.2 Å². The largest absolute Gasteiger partial charge is 0.453 e. The lowest BCUT2D eigenvalue weighted by atomic mass is 10.3. The van der Waals surface area contributed by atoms with Gasteiger partial charge in [-0.3, -0.25) is 4.90 Å². The summed E-state index contributed by atoms with van der Waals surface area (Å²) in [7, 11) is 0. The minimum Gasteiger partial charge on any atom is -0.453 e. The molecule has 0 aliphatic carbocycles. The normalized spacial score (nSPS) is 10.4. The summed E-state index contributed by atoms with van der Waals surface area (Å²) in [5.74, 6) is 0.927. The number of rotatable bonds is 5. The highest BCUT2D eigenvalue weighted by molar-refractivity contribution is 9.10. The molecule has 0 atom stereocenters. The van der Waals surface area contributed by atoms with Crippen LogP contribution in [0.5, 0.6) is 0 Å². The van der Waals surface area contributed by atoms with Gasteiger partial charge in [0, 0.05) is 13.0 Å². The Kier molecular flexibility index (Phi) is 4.71. The standard InChI is InChI=1S/C10H13BrN2O/c1-2-13(7-3-6-12)8-9-4-5-10(11)14-9/h4-5H,2-3,7-8H2,1H3. The fraction of sp³-hybridized carbons (Fsp3) is 0.500. The van der Waals surface area contributed by atoms with Crippen molar-refractivity contribution in [2.24, 2.45) is 0 Å². The number of nitrogens with zero attached hydrogens (tertiary/aromatic N) is 2. The molecule has 1 rings (SSSR count). The number of hydrogen-bond acceptors (Lipinski definition) is 3. The van der Waals surface area contributed by atoms with Crippen LogP contribution < -0.4 is 0 Å². The Bertz CT molecular complexity index is 316. The quantitative estimate of drug-likeness (QED) is 0.814. The Balaban J connectivity index is 2.44. The molecule has 1 aromatic heterocycles. The van der Waals surface area contributed by atoms with Crippen LogP contribution in [0.1, 0.15) is 19.1 Å². The highest BCUT2D eigenvalue weighted by atomic mass is 79.9. The molecule has 0 amide bonds. The van der Waals surface area contributed by atoms with Crippen LogP contribution in [0.4, 0.5) is 0 Å². The Morgan fingerprint density at radius 1 is 1.57 bits per heavy atom. The summed E-state index contributed by atoms with van der Waals surface area (Å²) in [4.78, 5) is 2.18. The van der Waals surface area contributed by atoms with Crippen molar-refractivity contribution in [3.05, 3.63) is 22.6 Å². The lowest BCUT2D eigenvalue weighted by molar-refractivity contribution is 0.259. The smallest absolute Gasteiger partial charge is 0.169 e. The zero-order valence-electron chi connectivity index (χ0n) is 8.16. The van der Waals surface area contributed by atoms with Gasteiger partial charge in [-0.15, -0.1) is 0 Å². The van der Waals surface area contributed by atoms with E-state index in [1.54, 1.807) is 0 Å². The summed E-state index contributed by atoms with van der Waals surface area (Å²) in [6.07, 6.45) is 0.565. The number of nitriles is 1. The first-order valence-electron chi connectivity index (χ1n) is 4.59. The SMILES string of the molecule is CCN(CCC#N)Cc1ccc(Br)o1.